The normalized spacial score (nSPS) is 12.7. The largest absolute Gasteiger partial charge is 0.268 e. The lowest BCUT2D eigenvalue weighted by molar-refractivity contribution is 0.587. The zero-order valence-electron chi connectivity index (χ0n) is 15.1. The monoisotopic (exact) mass is 363 g/mol. The molecule has 0 saturated heterocycles. The molecule has 3 aromatic carbocycles. The van der Waals surface area contributed by atoms with Gasteiger partial charge in [0.05, 0.1) is 15.9 Å². The van der Waals surface area contributed by atoms with Crippen LogP contribution in [0.3, 0.4) is 0 Å². The number of para-hydroxylation sites is 1. The highest BCUT2D eigenvalue weighted by Gasteiger charge is 2.24. The summed E-state index contributed by atoms with van der Waals surface area (Å²) in [5.74, 6) is 0. The molecule has 0 N–H and O–H groups in total. The van der Waals surface area contributed by atoms with E-state index in [0.717, 1.165) is 21.9 Å². The second-order valence-electron chi connectivity index (χ2n) is 7.58. The maximum absolute atomic E-state index is 13.4. The third-order valence-electron chi connectivity index (χ3n) is 4.78. The fraction of sp³-hybridized carbons (Fsp3) is 0.182. The topological polar surface area (TPSA) is 39.1 Å². The fourth-order valence-corrected chi connectivity index (χ4v) is 4.90. The molecule has 1 heterocycles. The number of aromatic nitrogens is 1. The zero-order valence-corrected chi connectivity index (χ0v) is 15.9. The van der Waals surface area contributed by atoms with E-state index in [4.69, 9.17) is 0 Å². The molecule has 0 amide bonds. The van der Waals surface area contributed by atoms with Crippen LogP contribution in [0.5, 0.6) is 0 Å². The first kappa shape index (κ1) is 16.9. The smallest absolute Gasteiger partial charge is 0.233 e. The van der Waals surface area contributed by atoms with Crippen molar-refractivity contribution >= 4 is 31.8 Å². The number of rotatable bonds is 2. The lowest BCUT2D eigenvalue weighted by atomic mass is 9.86. The van der Waals surface area contributed by atoms with Gasteiger partial charge in [-0.15, -0.1) is 0 Å². The van der Waals surface area contributed by atoms with Crippen molar-refractivity contribution in [1.82, 2.24) is 3.97 Å². The van der Waals surface area contributed by atoms with Crippen molar-refractivity contribution in [3.63, 3.8) is 0 Å². The summed E-state index contributed by atoms with van der Waals surface area (Å²) in [6, 6.07) is 22.4. The van der Waals surface area contributed by atoms with E-state index in [-0.39, 0.29) is 5.41 Å². The molecule has 0 fully saturated rings. The Morgan fingerprint density at radius 2 is 1.35 bits per heavy atom. The molecule has 4 rings (SSSR count). The Labute approximate surface area is 153 Å². The van der Waals surface area contributed by atoms with E-state index in [1.54, 1.807) is 24.3 Å². The highest BCUT2D eigenvalue weighted by Crippen LogP contribution is 2.35. The van der Waals surface area contributed by atoms with Crippen molar-refractivity contribution in [2.75, 3.05) is 0 Å². The molecule has 3 nitrogen and oxygen atoms in total. The van der Waals surface area contributed by atoms with Gasteiger partial charge < -0.3 is 0 Å². The minimum absolute atomic E-state index is 0.0635. The van der Waals surface area contributed by atoms with Gasteiger partial charge in [-0.25, -0.2) is 12.4 Å². The molecule has 0 spiro atoms. The number of hydrogen-bond donors (Lipinski definition) is 0. The Morgan fingerprint density at radius 3 is 2.04 bits per heavy atom. The molecule has 26 heavy (non-hydrogen) atoms. The van der Waals surface area contributed by atoms with Gasteiger partial charge in [-0.05, 0) is 35.2 Å². The molecule has 0 atom stereocenters. The van der Waals surface area contributed by atoms with Crippen LogP contribution >= 0.6 is 0 Å². The first-order chi connectivity index (χ1) is 12.3. The first-order valence-corrected chi connectivity index (χ1v) is 10.1. The van der Waals surface area contributed by atoms with Crippen molar-refractivity contribution in [3.05, 3.63) is 78.4 Å². The minimum Gasteiger partial charge on any atom is -0.233 e. The Kier molecular flexibility index (Phi) is 3.70. The van der Waals surface area contributed by atoms with E-state index in [9.17, 15) is 8.42 Å². The van der Waals surface area contributed by atoms with E-state index >= 15 is 0 Å². The Hall–Kier alpha value is -2.59. The van der Waals surface area contributed by atoms with E-state index in [0.29, 0.717) is 10.4 Å². The second-order valence-corrected chi connectivity index (χ2v) is 9.37. The van der Waals surface area contributed by atoms with Crippen molar-refractivity contribution in [3.8, 4) is 0 Å². The van der Waals surface area contributed by atoms with E-state index in [1.807, 2.05) is 42.5 Å². The maximum atomic E-state index is 13.4. The van der Waals surface area contributed by atoms with E-state index in [1.165, 1.54) is 3.97 Å². The van der Waals surface area contributed by atoms with Crippen molar-refractivity contribution < 1.29 is 8.42 Å². The molecule has 0 bridgehead atoms. The second kappa shape index (κ2) is 5.71. The molecular weight excluding hydrogens is 342 g/mol. The Bertz CT molecular complexity index is 1210. The average molecular weight is 363 g/mol. The molecule has 0 unspecified atom stereocenters. The van der Waals surface area contributed by atoms with Gasteiger partial charge in [0.25, 0.3) is 10.0 Å². The van der Waals surface area contributed by atoms with Crippen molar-refractivity contribution in [1.29, 1.82) is 0 Å². The molecule has 0 aliphatic carbocycles. The molecule has 1 aromatic heterocycles. The fourth-order valence-electron chi connectivity index (χ4n) is 3.36. The van der Waals surface area contributed by atoms with Gasteiger partial charge in [-0.1, -0.05) is 69.3 Å². The summed E-state index contributed by atoms with van der Waals surface area (Å²) in [6.45, 7) is 6.40. The number of benzene rings is 3. The SMILES string of the molecule is CC(C)(C)c1ccc2c3ccccc3n(S(=O)(=O)c3ccccc3)c2c1. The van der Waals surface area contributed by atoms with Gasteiger partial charge in [0.1, 0.15) is 0 Å². The third-order valence-corrected chi connectivity index (χ3v) is 6.52. The summed E-state index contributed by atoms with van der Waals surface area (Å²) in [5.41, 5.74) is 2.48. The molecule has 0 aliphatic heterocycles. The van der Waals surface area contributed by atoms with Gasteiger partial charge in [-0.2, -0.15) is 0 Å². The molecule has 4 heteroatoms. The van der Waals surface area contributed by atoms with Crippen LogP contribution in [0.4, 0.5) is 0 Å². The molecule has 0 radical (unpaired) electrons. The van der Waals surface area contributed by atoms with Crippen LogP contribution in [-0.4, -0.2) is 12.4 Å². The van der Waals surface area contributed by atoms with Crippen LogP contribution in [0, 0.1) is 0 Å². The van der Waals surface area contributed by atoms with Crippen LogP contribution < -0.4 is 0 Å². The number of fused-ring (bicyclic) bond motifs is 3. The van der Waals surface area contributed by atoms with Crippen LogP contribution in [0.15, 0.2) is 77.7 Å². The Morgan fingerprint density at radius 1 is 0.731 bits per heavy atom. The van der Waals surface area contributed by atoms with Gasteiger partial charge in [0.15, 0.2) is 0 Å². The first-order valence-electron chi connectivity index (χ1n) is 8.64. The molecule has 132 valence electrons. The number of nitrogens with zero attached hydrogens (tertiary/aromatic N) is 1. The van der Waals surface area contributed by atoms with Crippen molar-refractivity contribution in [2.45, 2.75) is 31.1 Å². The van der Waals surface area contributed by atoms with Crippen molar-refractivity contribution in [2.24, 2.45) is 0 Å². The van der Waals surface area contributed by atoms with E-state index < -0.39 is 10.0 Å². The average Bonchev–Trinajstić information content (AvgIpc) is 2.96. The van der Waals surface area contributed by atoms with Gasteiger partial charge in [0, 0.05) is 10.8 Å². The summed E-state index contributed by atoms with van der Waals surface area (Å²) in [7, 11) is -3.69. The summed E-state index contributed by atoms with van der Waals surface area (Å²) in [5, 5.41) is 1.90. The Balaban J connectivity index is 2.15. The molecule has 0 saturated carbocycles. The number of hydrogen-bond acceptors (Lipinski definition) is 2. The van der Waals surface area contributed by atoms with Crippen LogP contribution in [-0.2, 0) is 15.4 Å². The highest BCUT2D eigenvalue weighted by molar-refractivity contribution is 7.90. The predicted molar refractivity (Wildman–Crippen MR) is 107 cm³/mol. The minimum atomic E-state index is -3.69. The predicted octanol–water partition coefficient (Wildman–Crippen LogP) is 5.33. The van der Waals surface area contributed by atoms with Gasteiger partial charge in [0.2, 0.25) is 0 Å². The van der Waals surface area contributed by atoms with E-state index in [2.05, 4.69) is 26.8 Å². The standard InChI is InChI=1S/C22H21NO2S/c1-22(2,3)16-13-14-19-18-11-7-8-12-20(18)23(21(19)15-16)26(24,25)17-9-5-4-6-10-17/h4-15H,1-3H3. The maximum Gasteiger partial charge on any atom is 0.268 e. The summed E-state index contributed by atoms with van der Waals surface area (Å²) in [6.07, 6.45) is 0. The summed E-state index contributed by atoms with van der Waals surface area (Å²) >= 11 is 0. The van der Waals surface area contributed by atoms with Crippen LogP contribution in [0.2, 0.25) is 0 Å². The highest BCUT2D eigenvalue weighted by atomic mass is 32.2. The molecule has 4 aromatic rings. The third kappa shape index (κ3) is 2.53. The lowest BCUT2D eigenvalue weighted by Gasteiger charge is -2.19. The zero-order chi connectivity index (χ0) is 18.5. The van der Waals surface area contributed by atoms with Gasteiger partial charge in [-0.3, -0.25) is 0 Å². The quantitative estimate of drug-likeness (QED) is 0.483. The summed E-state index contributed by atoms with van der Waals surface area (Å²) in [4.78, 5) is 0.295. The lowest BCUT2D eigenvalue weighted by Crippen LogP contribution is -2.14. The summed E-state index contributed by atoms with van der Waals surface area (Å²) < 4.78 is 28.4. The molecular formula is C22H21NO2S. The van der Waals surface area contributed by atoms with Gasteiger partial charge >= 0.3 is 0 Å². The van der Waals surface area contributed by atoms with Crippen LogP contribution in [0.25, 0.3) is 21.8 Å². The van der Waals surface area contributed by atoms with Crippen LogP contribution in [0.1, 0.15) is 26.3 Å². The molecule has 0 aliphatic rings.